The summed E-state index contributed by atoms with van der Waals surface area (Å²) < 4.78 is 0. The molecule has 1 heteroatoms. The van der Waals surface area contributed by atoms with Crippen LogP contribution in [0.4, 0.5) is 0 Å². The van der Waals surface area contributed by atoms with Gasteiger partial charge in [-0.2, -0.15) is 0 Å². The van der Waals surface area contributed by atoms with E-state index in [1.54, 1.807) is 13.0 Å². The second-order valence-corrected chi connectivity index (χ2v) is 4.60. The van der Waals surface area contributed by atoms with E-state index in [2.05, 4.69) is 32.9 Å². The second kappa shape index (κ2) is 4.59. The number of carbonyl (C=O) groups excluding carboxylic acids is 1. The van der Waals surface area contributed by atoms with E-state index in [1.165, 1.54) is 5.57 Å². The highest BCUT2D eigenvalue weighted by Gasteiger charge is 2.24. The molecule has 1 nitrogen and oxygen atoms in total. The molecule has 0 bridgehead atoms. The van der Waals surface area contributed by atoms with Gasteiger partial charge in [-0.25, -0.2) is 0 Å². The Labute approximate surface area is 86.9 Å². The van der Waals surface area contributed by atoms with E-state index in [9.17, 15) is 4.79 Å². The maximum Gasteiger partial charge on any atom is 0.152 e. The van der Waals surface area contributed by atoms with E-state index in [4.69, 9.17) is 0 Å². The number of ketones is 1. The summed E-state index contributed by atoms with van der Waals surface area (Å²) in [6.45, 7) is 8.30. The summed E-state index contributed by atoms with van der Waals surface area (Å²) in [6.07, 6.45) is 7.29. The first-order valence-corrected chi connectivity index (χ1v) is 5.36. The Morgan fingerprint density at radius 3 is 2.64 bits per heavy atom. The van der Waals surface area contributed by atoms with Gasteiger partial charge in [-0.3, -0.25) is 4.79 Å². The molecule has 0 aromatic carbocycles. The zero-order valence-electron chi connectivity index (χ0n) is 9.58. The van der Waals surface area contributed by atoms with Crippen LogP contribution in [-0.2, 0) is 4.79 Å². The minimum Gasteiger partial charge on any atom is -0.295 e. The van der Waals surface area contributed by atoms with Gasteiger partial charge in [0.2, 0.25) is 0 Å². The Balaban J connectivity index is 2.74. The Morgan fingerprint density at radius 1 is 1.50 bits per heavy atom. The Bertz CT molecular complexity index is 273. The van der Waals surface area contributed by atoms with Gasteiger partial charge in [0.25, 0.3) is 0 Å². The standard InChI is InChI=1S/C13H20O/c1-9-7-10(2)13(11(3)8-9)6-5-12(4)14/h5-7,10-11,13H,8H2,1-4H3/b6-5+/t10-,11-,13+/m0/s1. The van der Waals surface area contributed by atoms with Crippen molar-refractivity contribution < 1.29 is 4.79 Å². The van der Waals surface area contributed by atoms with Gasteiger partial charge in [-0.05, 0) is 44.1 Å². The largest absolute Gasteiger partial charge is 0.295 e. The van der Waals surface area contributed by atoms with Gasteiger partial charge in [0.1, 0.15) is 0 Å². The first-order chi connectivity index (χ1) is 6.50. The van der Waals surface area contributed by atoms with Crippen LogP contribution in [0.15, 0.2) is 23.8 Å². The fraction of sp³-hybridized carbons (Fsp3) is 0.615. The lowest BCUT2D eigenvalue weighted by Gasteiger charge is -2.30. The van der Waals surface area contributed by atoms with E-state index < -0.39 is 0 Å². The van der Waals surface area contributed by atoms with Gasteiger partial charge in [-0.1, -0.05) is 31.6 Å². The SMILES string of the molecule is CC(=O)/C=C/[C@@H]1[C@@H](C)C=C(C)C[C@@H]1C. The van der Waals surface area contributed by atoms with Crippen LogP contribution in [0.2, 0.25) is 0 Å². The first-order valence-electron chi connectivity index (χ1n) is 5.36. The molecular weight excluding hydrogens is 172 g/mol. The maximum absolute atomic E-state index is 10.9. The van der Waals surface area contributed by atoms with Crippen molar-refractivity contribution in [2.45, 2.75) is 34.1 Å². The fourth-order valence-electron chi connectivity index (χ4n) is 2.40. The quantitative estimate of drug-likeness (QED) is 0.484. The van der Waals surface area contributed by atoms with Crippen LogP contribution in [0.25, 0.3) is 0 Å². The Morgan fingerprint density at radius 2 is 2.14 bits per heavy atom. The molecule has 0 N–H and O–H groups in total. The van der Waals surface area contributed by atoms with Crippen molar-refractivity contribution in [3.8, 4) is 0 Å². The number of hydrogen-bond donors (Lipinski definition) is 0. The third kappa shape index (κ3) is 2.83. The molecule has 14 heavy (non-hydrogen) atoms. The van der Waals surface area contributed by atoms with Gasteiger partial charge >= 0.3 is 0 Å². The fourth-order valence-corrected chi connectivity index (χ4v) is 2.40. The zero-order chi connectivity index (χ0) is 10.7. The van der Waals surface area contributed by atoms with Crippen molar-refractivity contribution in [3.05, 3.63) is 23.8 Å². The topological polar surface area (TPSA) is 17.1 Å². The predicted molar refractivity (Wildman–Crippen MR) is 60.0 cm³/mol. The third-order valence-electron chi connectivity index (χ3n) is 3.01. The molecule has 1 rings (SSSR count). The van der Waals surface area contributed by atoms with Crippen molar-refractivity contribution in [2.75, 3.05) is 0 Å². The van der Waals surface area contributed by atoms with Crippen molar-refractivity contribution in [3.63, 3.8) is 0 Å². The average molecular weight is 192 g/mol. The molecule has 0 heterocycles. The summed E-state index contributed by atoms with van der Waals surface area (Å²) in [4.78, 5) is 10.9. The molecule has 0 amide bonds. The minimum absolute atomic E-state index is 0.149. The molecule has 0 saturated heterocycles. The van der Waals surface area contributed by atoms with E-state index in [0.717, 1.165) is 6.42 Å². The van der Waals surface area contributed by atoms with Gasteiger partial charge in [-0.15, -0.1) is 0 Å². The van der Waals surface area contributed by atoms with Crippen LogP contribution >= 0.6 is 0 Å². The molecule has 1 aliphatic rings. The van der Waals surface area contributed by atoms with Crippen LogP contribution in [0, 0.1) is 17.8 Å². The molecule has 0 aliphatic heterocycles. The molecular formula is C13H20O. The van der Waals surface area contributed by atoms with Gasteiger partial charge < -0.3 is 0 Å². The second-order valence-electron chi connectivity index (χ2n) is 4.60. The molecule has 0 aromatic rings. The van der Waals surface area contributed by atoms with E-state index >= 15 is 0 Å². The highest BCUT2D eigenvalue weighted by atomic mass is 16.1. The van der Waals surface area contributed by atoms with Crippen molar-refractivity contribution in [1.29, 1.82) is 0 Å². The predicted octanol–water partition coefficient (Wildman–Crippen LogP) is 3.37. The van der Waals surface area contributed by atoms with Crippen molar-refractivity contribution in [1.82, 2.24) is 0 Å². The van der Waals surface area contributed by atoms with Crippen molar-refractivity contribution in [2.24, 2.45) is 17.8 Å². The average Bonchev–Trinajstić information content (AvgIpc) is 2.01. The molecule has 3 atom stereocenters. The minimum atomic E-state index is 0.149. The molecule has 0 radical (unpaired) electrons. The molecule has 0 unspecified atom stereocenters. The van der Waals surface area contributed by atoms with Gasteiger partial charge in [0.15, 0.2) is 5.78 Å². The monoisotopic (exact) mass is 192 g/mol. The van der Waals surface area contributed by atoms with Gasteiger partial charge in [0, 0.05) is 0 Å². The smallest absolute Gasteiger partial charge is 0.152 e. The summed E-state index contributed by atoms with van der Waals surface area (Å²) in [5, 5.41) is 0. The summed E-state index contributed by atoms with van der Waals surface area (Å²) >= 11 is 0. The molecule has 0 aromatic heterocycles. The molecule has 78 valence electrons. The number of rotatable bonds is 2. The normalized spacial score (nSPS) is 33.1. The van der Waals surface area contributed by atoms with E-state index in [1.807, 2.05) is 0 Å². The summed E-state index contributed by atoms with van der Waals surface area (Å²) in [5.41, 5.74) is 1.48. The Hall–Kier alpha value is -0.850. The lowest BCUT2D eigenvalue weighted by atomic mass is 9.75. The summed E-state index contributed by atoms with van der Waals surface area (Å²) in [6, 6.07) is 0. The summed E-state index contributed by atoms with van der Waals surface area (Å²) in [5.74, 6) is 1.90. The van der Waals surface area contributed by atoms with Crippen LogP contribution in [-0.4, -0.2) is 5.78 Å². The van der Waals surface area contributed by atoms with Crippen LogP contribution < -0.4 is 0 Å². The Kier molecular flexibility index (Phi) is 3.68. The zero-order valence-corrected chi connectivity index (χ0v) is 9.58. The molecule has 0 saturated carbocycles. The first kappa shape index (κ1) is 11.2. The van der Waals surface area contributed by atoms with E-state index in [-0.39, 0.29) is 5.78 Å². The van der Waals surface area contributed by atoms with Crippen LogP contribution in [0.3, 0.4) is 0 Å². The van der Waals surface area contributed by atoms with Crippen molar-refractivity contribution >= 4 is 5.78 Å². The van der Waals surface area contributed by atoms with Crippen LogP contribution in [0.5, 0.6) is 0 Å². The third-order valence-corrected chi connectivity index (χ3v) is 3.01. The van der Waals surface area contributed by atoms with Crippen LogP contribution in [0.1, 0.15) is 34.1 Å². The molecule has 0 fully saturated rings. The summed E-state index contributed by atoms with van der Waals surface area (Å²) in [7, 11) is 0. The van der Waals surface area contributed by atoms with E-state index in [0.29, 0.717) is 17.8 Å². The highest BCUT2D eigenvalue weighted by Crippen LogP contribution is 2.34. The lowest BCUT2D eigenvalue weighted by molar-refractivity contribution is -0.112. The maximum atomic E-state index is 10.9. The molecule has 0 spiro atoms. The van der Waals surface area contributed by atoms with Gasteiger partial charge in [0.05, 0.1) is 0 Å². The molecule has 1 aliphatic carbocycles. The highest BCUT2D eigenvalue weighted by molar-refractivity contribution is 5.87. The number of hydrogen-bond acceptors (Lipinski definition) is 1. The number of carbonyl (C=O) groups is 1. The lowest BCUT2D eigenvalue weighted by Crippen LogP contribution is -2.21. The number of allylic oxidation sites excluding steroid dienone is 4.